The predicted molar refractivity (Wildman–Crippen MR) is 106 cm³/mol. The highest BCUT2D eigenvalue weighted by molar-refractivity contribution is 7.99. The van der Waals surface area contributed by atoms with Crippen molar-refractivity contribution in [2.24, 2.45) is 0 Å². The maximum Gasteiger partial charge on any atom is 0.134 e. The van der Waals surface area contributed by atoms with Crippen LogP contribution in [0.25, 0.3) is 0 Å². The van der Waals surface area contributed by atoms with Gasteiger partial charge in [-0.25, -0.2) is 4.98 Å². The van der Waals surface area contributed by atoms with Crippen molar-refractivity contribution in [3.05, 3.63) is 81.8 Å². The second-order valence-corrected chi connectivity index (χ2v) is 7.71. The summed E-state index contributed by atoms with van der Waals surface area (Å²) >= 11 is 20.0. The Morgan fingerprint density at radius 2 is 1.80 bits per heavy atom. The molecule has 0 N–H and O–H groups in total. The summed E-state index contributed by atoms with van der Waals surface area (Å²) in [5, 5.41) is 2.06. The first-order chi connectivity index (χ1) is 12.1. The molecule has 0 aliphatic rings. The lowest BCUT2D eigenvalue weighted by molar-refractivity contribution is 0.391. The van der Waals surface area contributed by atoms with Crippen molar-refractivity contribution < 1.29 is 4.74 Å². The van der Waals surface area contributed by atoms with Crippen LogP contribution in [0.1, 0.15) is 10.8 Å². The van der Waals surface area contributed by atoms with E-state index in [9.17, 15) is 0 Å². The van der Waals surface area contributed by atoms with E-state index >= 15 is 0 Å². The summed E-state index contributed by atoms with van der Waals surface area (Å²) in [4.78, 5) is 4.10. The van der Waals surface area contributed by atoms with E-state index in [1.54, 1.807) is 42.5 Å². The third-order valence-corrected chi connectivity index (χ3v) is 5.43. The van der Waals surface area contributed by atoms with E-state index in [4.69, 9.17) is 39.5 Å². The molecule has 3 rings (SSSR count). The highest BCUT2D eigenvalue weighted by atomic mass is 35.5. The van der Waals surface area contributed by atoms with Crippen molar-refractivity contribution in [2.75, 3.05) is 5.94 Å². The monoisotopic (exact) mass is 412 g/mol. The van der Waals surface area contributed by atoms with Gasteiger partial charge in [-0.2, -0.15) is 0 Å². The Bertz CT molecular complexity index is 810. The number of imidazole rings is 1. The summed E-state index contributed by atoms with van der Waals surface area (Å²) in [5.41, 5.74) is 1.02. The Morgan fingerprint density at radius 3 is 2.48 bits per heavy atom. The van der Waals surface area contributed by atoms with Crippen LogP contribution in [0.2, 0.25) is 15.1 Å². The lowest BCUT2D eigenvalue weighted by atomic mass is 10.1. The smallest absolute Gasteiger partial charge is 0.134 e. The molecule has 0 saturated heterocycles. The summed E-state index contributed by atoms with van der Waals surface area (Å²) in [6, 6.07) is 12.9. The maximum absolute atomic E-state index is 6.40. The number of thioether (sulfide) groups is 1. The zero-order valence-electron chi connectivity index (χ0n) is 13.1. The van der Waals surface area contributed by atoms with Gasteiger partial charge in [0, 0.05) is 34.0 Å². The lowest BCUT2D eigenvalue weighted by Crippen LogP contribution is -2.08. The number of nitrogens with zero attached hydrogens (tertiary/aromatic N) is 2. The molecule has 0 saturated carbocycles. The Labute approximate surface area is 165 Å². The Hall–Kier alpha value is -1.33. The Morgan fingerprint density at radius 1 is 1.04 bits per heavy atom. The fraction of sp³-hybridized carbons (Fsp3) is 0.167. The Kier molecular flexibility index (Phi) is 6.54. The van der Waals surface area contributed by atoms with Crippen molar-refractivity contribution in [1.82, 2.24) is 9.55 Å². The molecule has 3 aromatic rings. The maximum atomic E-state index is 6.40. The van der Waals surface area contributed by atoms with Crippen molar-refractivity contribution in [2.45, 2.75) is 11.8 Å². The van der Waals surface area contributed by atoms with Gasteiger partial charge >= 0.3 is 0 Å². The van der Waals surface area contributed by atoms with Gasteiger partial charge in [-0.15, -0.1) is 11.8 Å². The third kappa shape index (κ3) is 5.32. The quantitative estimate of drug-likeness (QED) is 0.422. The minimum Gasteiger partial charge on any atom is -0.483 e. The molecule has 0 bridgehead atoms. The van der Waals surface area contributed by atoms with Gasteiger partial charge < -0.3 is 9.30 Å². The van der Waals surface area contributed by atoms with Crippen LogP contribution in [0.4, 0.5) is 0 Å². The Balaban J connectivity index is 1.70. The molecule has 0 radical (unpaired) electrons. The molecule has 25 heavy (non-hydrogen) atoms. The van der Waals surface area contributed by atoms with Gasteiger partial charge in [-0.3, -0.25) is 0 Å². The first kappa shape index (κ1) is 18.5. The summed E-state index contributed by atoms with van der Waals surface area (Å²) in [7, 11) is 0. The van der Waals surface area contributed by atoms with E-state index in [-0.39, 0.29) is 5.25 Å². The van der Waals surface area contributed by atoms with Gasteiger partial charge in [0.1, 0.15) is 11.7 Å². The van der Waals surface area contributed by atoms with Gasteiger partial charge in [0.2, 0.25) is 0 Å². The van der Waals surface area contributed by atoms with E-state index in [1.807, 2.05) is 35.0 Å². The fourth-order valence-corrected chi connectivity index (χ4v) is 4.07. The van der Waals surface area contributed by atoms with Gasteiger partial charge in [0.25, 0.3) is 0 Å². The molecule has 1 aromatic heterocycles. The van der Waals surface area contributed by atoms with Crippen LogP contribution in [-0.2, 0) is 6.54 Å². The summed E-state index contributed by atoms with van der Waals surface area (Å²) in [5.74, 6) is 1.26. The molecule has 130 valence electrons. The number of halogens is 3. The molecular weight excluding hydrogens is 399 g/mol. The molecule has 3 nitrogen and oxygen atoms in total. The number of ether oxygens (including phenoxy) is 1. The summed E-state index contributed by atoms with van der Waals surface area (Å²) in [6.45, 7) is 0.732. The number of aromatic nitrogens is 2. The van der Waals surface area contributed by atoms with Gasteiger partial charge in [-0.05, 0) is 42.0 Å². The van der Waals surface area contributed by atoms with Crippen molar-refractivity contribution in [3.8, 4) is 5.75 Å². The summed E-state index contributed by atoms with van der Waals surface area (Å²) in [6.07, 6.45) is 5.48. The average Bonchev–Trinajstić information content (AvgIpc) is 3.09. The first-order valence-electron chi connectivity index (χ1n) is 7.52. The third-order valence-electron chi connectivity index (χ3n) is 3.55. The number of hydrogen-bond acceptors (Lipinski definition) is 3. The zero-order valence-corrected chi connectivity index (χ0v) is 16.2. The van der Waals surface area contributed by atoms with Crippen LogP contribution < -0.4 is 4.74 Å². The summed E-state index contributed by atoms with van der Waals surface area (Å²) < 4.78 is 7.82. The number of rotatable bonds is 7. The standard InChI is InChI=1S/C18H15Cl3N2OS/c19-13-1-4-15(5-2-13)24-12-25-18(10-23-8-7-22-11-23)16-6-3-14(20)9-17(16)21/h1-9,11,18H,10,12H2. The fourth-order valence-electron chi connectivity index (χ4n) is 2.30. The molecule has 0 fully saturated rings. The van der Waals surface area contributed by atoms with E-state index in [0.717, 1.165) is 17.9 Å². The van der Waals surface area contributed by atoms with Crippen LogP contribution in [-0.4, -0.2) is 15.5 Å². The number of benzene rings is 2. The highest BCUT2D eigenvalue weighted by Gasteiger charge is 2.17. The van der Waals surface area contributed by atoms with Gasteiger partial charge in [-0.1, -0.05) is 40.9 Å². The van der Waals surface area contributed by atoms with Crippen LogP contribution >= 0.6 is 46.6 Å². The van der Waals surface area contributed by atoms with Gasteiger partial charge in [0.05, 0.1) is 11.6 Å². The van der Waals surface area contributed by atoms with E-state index in [1.165, 1.54) is 0 Å². The second-order valence-electron chi connectivity index (χ2n) is 5.30. The van der Waals surface area contributed by atoms with Crippen molar-refractivity contribution in [1.29, 1.82) is 0 Å². The van der Waals surface area contributed by atoms with Crippen LogP contribution in [0.3, 0.4) is 0 Å². The molecule has 0 aliphatic carbocycles. The van der Waals surface area contributed by atoms with Crippen LogP contribution in [0.5, 0.6) is 5.75 Å². The number of hydrogen-bond donors (Lipinski definition) is 0. The van der Waals surface area contributed by atoms with Gasteiger partial charge in [0.15, 0.2) is 0 Å². The zero-order chi connectivity index (χ0) is 17.6. The molecule has 1 unspecified atom stereocenters. The minimum atomic E-state index is 0.103. The highest BCUT2D eigenvalue weighted by Crippen LogP contribution is 2.36. The SMILES string of the molecule is Clc1ccc(OCSC(Cn2ccnc2)c2ccc(Cl)cc2Cl)cc1. The molecule has 2 aromatic carbocycles. The largest absolute Gasteiger partial charge is 0.483 e. The molecule has 0 spiro atoms. The predicted octanol–water partition coefficient (Wildman–Crippen LogP) is 6.35. The van der Waals surface area contributed by atoms with Crippen molar-refractivity contribution in [3.63, 3.8) is 0 Å². The van der Waals surface area contributed by atoms with E-state index in [0.29, 0.717) is 21.0 Å². The molecule has 1 heterocycles. The van der Waals surface area contributed by atoms with E-state index in [2.05, 4.69) is 4.98 Å². The first-order valence-corrected chi connectivity index (χ1v) is 9.71. The van der Waals surface area contributed by atoms with Crippen molar-refractivity contribution >= 4 is 46.6 Å². The molecule has 7 heteroatoms. The molecule has 1 atom stereocenters. The van der Waals surface area contributed by atoms with E-state index < -0.39 is 0 Å². The molecule has 0 amide bonds. The van der Waals surface area contributed by atoms with Crippen LogP contribution in [0.15, 0.2) is 61.2 Å². The molecule has 0 aliphatic heterocycles. The average molecular weight is 414 g/mol. The van der Waals surface area contributed by atoms with Crippen LogP contribution in [0, 0.1) is 0 Å². The normalized spacial score (nSPS) is 12.1. The molecular formula is C18H15Cl3N2OS. The topological polar surface area (TPSA) is 27.1 Å². The minimum absolute atomic E-state index is 0.103. The second kappa shape index (κ2) is 8.86. The lowest BCUT2D eigenvalue weighted by Gasteiger charge is -2.19.